The van der Waals surface area contributed by atoms with Crippen molar-refractivity contribution in [3.8, 4) is 0 Å². The second-order valence-electron chi connectivity index (χ2n) is 3.46. The highest BCUT2D eigenvalue weighted by molar-refractivity contribution is 9.10. The molecular formula is C10H17BrN4O2. The minimum atomic E-state index is -0.461. The lowest BCUT2D eigenvalue weighted by atomic mass is 10.2. The molecule has 0 aromatic carbocycles. The number of aliphatic hydroxyl groups excluding tert-OH is 1. The van der Waals surface area contributed by atoms with E-state index >= 15 is 0 Å². The molecule has 6 nitrogen and oxygen atoms in total. The van der Waals surface area contributed by atoms with E-state index in [4.69, 9.17) is 4.74 Å². The second kappa shape index (κ2) is 7.41. The van der Waals surface area contributed by atoms with Gasteiger partial charge in [-0.25, -0.2) is 9.97 Å². The van der Waals surface area contributed by atoms with E-state index < -0.39 is 6.10 Å². The van der Waals surface area contributed by atoms with E-state index in [0.717, 1.165) is 10.3 Å². The molecule has 0 aliphatic heterocycles. The Morgan fingerprint density at radius 1 is 1.47 bits per heavy atom. The van der Waals surface area contributed by atoms with E-state index in [1.807, 2.05) is 0 Å². The molecule has 0 aliphatic carbocycles. The number of hydrogen-bond donors (Lipinski definition) is 3. The van der Waals surface area contributed by atoms with Crippen LogP contribution in [0.4, 0.5) is 11.6 Å². The molecule has 7 heteroatoms. The summed E-state index contributed by atoms with van der Waals surface area (Å²) < 4.78 is 5.63. The van der Waals surface area contributed by atoms with Crippen molar-refractivity contribution >= 4 is 27.6 Å². The minimum absolute atomic E-state index is 0.342. The monoisotopic (exact) mass is 304 g/mol. The van der Waals surface area contributed by atoms with Crippen LogP contribution in [0.25, 0.3) is 0 Å². The molecule has 1 rings (SSSR count). The smallest absolute Gasteiger partial charge is 0.145 e. The molecule has 0 spiro atoms. The predicted molar refractivity (Wildman–Crippen MR) is 70.3 cm³/mol. The number of hydrogen-bond acceptors (Lipinski definition) is 6. The summed E-state index contributed by atoms with van der Waals surface area (Å²) in [6.07, 6.45) is 1.61. The molecule has 17 heavy (non-hydrogen) atoms. The molecule has 0 amide bonds. The summed E-state index contributed by atoms with van der Waals surface area (Å²) in [5, 5.41) is 15.5. The molecule has 1 aromatic heterocycles. The van der Waals surface area contributed by atoms with Gasteiger partial charge >= 0.3 is 0 Å². The maximum Gasteiger partial charge on any atom is 0.145 e. The summed E-state index contributed by atoms with van der Waals surface area (Å²) in [5.74, 6) is 1.42. The summed E-state index contributed by atoms with van der Waals surface area (Å²) in [5.41, 5.74) is 0. The van der Waals surface area contributed by atoms with Gasteiger partial charge in [-0.1, -0.05) is 0 Å². The second-order valence-corrected chi connectivity index (χ2v) is 4.25. The van der Waals surface area contributed by atoms with Gasteiger partial charge in [0.1, 0.15) is 22.4 Å². The maximum absolute atomic E-state index is 9.48. The molecule has 96 valence electrons. The van der Waals surface area contributed by atoms with E-state index in [0.29, 0.717) is 25.4 Å². The van der Waals surface area contributed by atoms with Crippen molar-refractivity contribution in [2.24, 2.45) is 0 Å². The molecule has 1 atom stereocenters. The predicted octanol–water partition coefficient (Wildman–Crippen LogP) is 1.09. The van der Waals surface area contributed by atoms with E-state index in [9.17, 15) is 5.11 Å². The first-order valence-electron chi connectivity index (χ1n) is 5.28. The van der Waals surface area contributed by atoms with Gasteiger partial charge in [-0.2, -0.15) is 0 Å². The van der Waals surface area contributed by atoms with Crippen LogP contribution in [-0.4, -0.2) is 48.5 Å². The summed E-state index contributed by atoms with van der Waals surface area (Å²) in [6.45, 7) is 0.956. The maximum atomic E-state index is 9.48. The third kappa shape index (κ3) is 4.45. The minimum Gasteiger partial charge on any atom is -0.391 e. The van der Waals surface area contributed by atoms with Crippen LogP contribution in [0.1, 0.15) is 6.42 Å². The lowest BCUT2D eigenvalue weighted by molar-refractivity contribution is 0.0615. The van der Waals surface area contributed by atoms with Crippen molar-refractivity contribution in [3.63, 3.8) is 0 Å². The Balaban J connectivity index is 2.46. The molecule has 1 aromatic rings. The quantitative estimate of drug-likeness (QED) is 0.700. The van der Waals surface area contributed by atoms with Crippen LogP contribution in [0.15, 0.2) is 10.8 Å². The van der Waals surface area contributed by atoms with E-state index in [-0.39, 0.29) is 0 Å². The van der Waals surface area contributed by atoms with Gasteiger partial charge in [-0.3, -0.25) is 0 Å². The molecule has 0 radical (unpaired) electrons. The SMILES string of the molecule is CNc1ncnc(NCCC(O)COC)c1Br. The normalized spacial score (nSPS) is 12.2. The standard InChI is InChI=1S/C10H17BrN4O2/c1-12-9-8(11)10(15-6-14-9)13-4-3-7(16)5-17-2/h6-7,16H,3-5H2,1-2H3,(H2,12,13,14,15). The van der Waals surface area contributed by atoms with E-state index in [2.05, 4.69) is 36.5 Å². The fraction of sp³-hybridized carbons (Fsp3) is 0.600. The van der Waals surface area contributed by atoms with Gasteiger partial charge in [0.2, 0.25) is 0 Å². The number of ether oxygens (including phenoxy) is 1. The average molecular weight is 305 g/mol. The molecule has 0 fully saturated rings. The summed E-state index contributed by atoms with van der Waals surface area (Å²) in [7, 11) is 3.36. The molecule has 1 heterocycles. The first-order valence-corrected chi connectivity index (χ1v) is 6.07. The number of anilines is 2. The zero-order valence-corrected chi connectivity index (χ0v) is 11.5. The number of methoxy groups -OCH3 is 1. The molecule has 0 saturated heterocycles. The first kappa shape index (κ1) is 14.1. The molecule has 0 bridgehead atoms. The van der Waals surface area contributed by atoms with Gasteiger partial charge in [0.15, 0.2) is 0 Å². The third-order valence-corrected chi connectivity index (χ3v) is 2.91. The van der Waals surface area contributed by atoms with Crippen molar-refractivity contribution in [2.75, 3.05) is 37.9 Å². The van der Waals surface area contributed by atoms with Crippen LogP contribution in [0.2, 0.25) is 0 Å². The van der Waals surface area contributed by atoms with Crippen LogP contribution in [0, 0.1) is 0 Å². The van der Waals surface area contributed by atoms with Gasteiger partial charge in [-0.05, 0) is 22.4 Å². The lowest BCUT2D eigenvalue weighted by Crippen LogP contribution is -2.18. The fourth-order valence-corrected chi connectivity index (χ4v) is 1.84. The van der Waals surface area contributed by atoms with Crippen molar-refractivity contribution in [1.29, 1.82) is 0 Å². The summed E-state index contributed by atoms with van der Waals surface area (Å²) in [4.78, 5) is 8.16. The number of aromatic nitrogens is 2. The molecule has 0 aliphatic rings. The van der Waals surface area contributed by atoms with Gasteiger partial charge < -0.3 is 20.5 Å². The summed E-state index contributed by atoms with van der Waals surface area (Å²) >= 11 is 3.40. The van der Waals surface area contributed by atoms with Gasteiger partial charge in [0, 0.05) is 20.7 Å². The van der Waals surface area contributed by atoms with Gasteiger partial charge in [0.05, 0.1) is 12.7 Å². The number of aliphatic hydroxyl groups is 1. The average Bonchev–Trinajstić information content (AvgIpc) is 2.32. The van der Waals surface area contributed by atoms with Crippen molar-refractivity contribution in [1.82, 2.24) is 9.97 Å². The van der Waals surface area contributed by atoms with Crippen molar-refractivity contribution in [3.05, 3.63) is 10.8 Å². The van der Waals surface area contributed by atoms with Crippen molar-refractivity contribution < 1.29 is 9.84 Å². The Labute approximate surface area is 109 Å². The van der Waals surface area contributed by atoms with Crippen LogP contribution >= 0.6 is 15.9 Å². The van der Waals surface area contributed by atoms with E-state index in [1.54, 1.807) is 14.2 Å². The number of rotatable bonds is 7. The van der Waals surface area contributed by atoms with Gasteiger partial charge in [-0.15, -0.1) is 0 Å². The first-order chi connectivity index (χ1) is 8.19. The fourth-order valence-electron chi connectivity index (χ4n) is 1.30. The lowest BCUT2D eigenvalue weighted by Gasteiger charge is -2.12. The number of nitrogens with one attached hydrogen (secondary N) is 2. The zero-order valence-electron chi connectivity index (χ0n) is 9.90. The Bertz CT molecular complexity index is 351. The van der Waals surface area contributed by atoms with Gasteiger partial charge in [0.25, 0.3) is 0 Å². The van der Waals surface area contributed by atoms with Crippen LogP contribution in [-0.2, 0) is 4.74 Å². The highest BCUT2D eigenvalue weighted by Gasteiger charge is 2.08. The highest BCUT2D eigenvalue weighted by atomic mass is 79.9. The molecule has 3 N–H and O–H groups in total. The van der Waals surface area contributed by atoms with Crippen LogP contribution < -0.4 is 10.6 Å². The molecular weight excluding hydrogens is 288 g/mol. The zero-order chi connectivity index (χ0) is 12.7. The Morgan fingerprint density at radius 3 is 2.82 bits per heavy atom. The highest BCUT2D eigenvalue weighted by Crippen LogP contribution is 2.25. The Kier molecular flexibility index (Phi) is 6.17. The Morgan fingerprint density at radius 2 is 2.18 bits per heavy atom. The summed E-state index contributed by atoms with van der Waals surface area (Å²) in [6, 6.07) is 0. The van der Waals surface area contributed by atoms with Crippen LogP contribution in [0.5, 0.6) is 0 Å². The number of nitrogens with zero attached hydrogens (tertiary/aromatic N) is 2. The number of halogens is 1. The van der Waals surface area contributed by atoms with Crippen LogP contribution in [0.3, 0.4) is 0 Å². The largest absolute Gasteiger partial charge is 0.391 e. The van der Waals surface area contributed by atoms with E-state index in [1.165, 1.54) is 6.33 Å². The molecule has 0 saturated carbocycles. The van der Waals surface area contributed by atoms with Crippen molar-refractivity contribution in [2.45, 2.75) is 12.5 Å². The Hall–Kier alpha value is -0.920. The molecule has 1 unspecified atom stereocenters. The third-order valence-electron chi connectivity index (χ3n) is 2.16. The topological polar surface area (TPSA) is 79.3 Å².